The summed E-state index contributed by atoms with van der Waals surface area (Å²) in [5.74, 6) is -12.6. The zero-order valence-corrected chi connectivity index (χ0v) is 50.1. The van der Waals surface area contributed by atoms with Gasteiger partial charge in [-0.2, -0.15) is 21.1 Å². The van der Waals surface area contributed by atoms with Crippen molar-refractivity contribution in [1.82, 2.24) is 0 Å². The van der Waals surface area contributed by atoms with Crippen LogP contribution in [-0.4, -0.2) is 26.2 Å². The molecule has 0 radical (unpaired) electrons. The third-order valence-electron chi connectivity index (χ3n) is 16.8. The number of unbranched alkanes of at least 4 members (excludes halogenated alkanes) is 10. The van der Waals surface area contributed by atoms with Crippen LogP contribution < -0.4 is 5.32 Å². The molecule has 0 saturated heterocycles. The van der Waals surface area contributed by atoms with Crippen LogP contribution in [0.4, 0.5) is 35.1 Å². The lowest BCUT2D eigenvalue weighted by molar-refractivity contribution is -0.660. The van der Waals surface area contributed by atoms with Gasteiger partial charge in [0.25, 0.3) is 0 Å². The SMILES string of the molecule is CCCCC(CC)C[CH2][Al-]([CH2]CC(CC)CCCC)([CH2]CC(CC)CCCC)[CH2]CC(CC)CCCC.CCCCCCCCC[NH2+]CC(C)CCC.Fc1ccc(-c2c(F)c(F)c(F)c(F)c2F)c(F)c1F. The molecule has 2 aromatic carbocycles. The van der Waals surface area contributed by atoms with Crippen LogP contribution in [0.1, 0.15) is 262 Å². The van der Waals surface area contributed by atoms with Crippen molar-refractivity contribution in [2.24, 2.45) is 29.6 Å². The van der Waals surface area contributed by atoms with Crippen LogP contribution in [-0.2, 0) is 0 Å². The maximum Gasteiger partial charge on any atom is 0.200 e. The summed E-state index contributed by atoms with van der Waals surface area (Å²) in [6.07, 6.45) is 42.1. The number of benzene rings is 2. The predicted molar refractivity (Wildman–Crippen MR) is 302 cm³/mol. The summed E-state index contributed by atoms with van der Waals surface area (Å²) in [5.41, 5.74) is -2.95. The highest BCUT2D eigenvalue weighted by molar-refractivity contribution is 6.79. The van der Waals surface area contributed by atoms with Crippen molar-refractivity contribution in [2.45, 2.75) is 283 Å². The van der Waals surface area contributed by atoms with Crippen molar-refractivity contribution in [3.8, 4) is 11.1 Å². The van der Waals surface area contributed by atoms with Crippen LogP contribution in [0.2, 0.25) is 21.1 Å². The Bertz CT molecular complexity index is 1520. The van der Waals surface area contributed by atoms with Gasteiger partial charge in [-0.05, 0) is 55.1 Å². The first-order valence-electron chi connectivity index (χ1n) is 30.7. The Balaban J connectivity index is 0.00000119. The van der Waals surface area contributed by atoms with Crippen molar-refractivity contribution in [1.29, 1.82) is 0 Å². The monoisotopic (exact) mass is 1060 g/mol. The molecule has 10 heteroatoms. The zero-order valence-electron chi connectivity index (χ0n) is 49.0. The average molecular weight is 1060 g/mol. The Morgan fingerprint density at radius 1 is 0.370 bits per heavy atom. The highest BCUT2D eigenvalue weighted by Gasteiger charge is 2.32. The van der Waals surface area contributed by atoms with E-state index in [1.807, 2.05) is 0 Å². The van der Waals surface area contributed by atoms with Gasteiger partial charge in [-0.25, -0.2) is 35.1 Å². The van der Waals surface area contributed by atoms with Crippen molar-refractivity contribution < 1.29 is 40.4 Å². The molecule has 0 aliphatic rings. The molecule has 1 nitrogen and oxygen atoms in total. The van der Waals surface area contributed by atoms with E-state index in [1.165, 1.54) is 174 Å². The van der Waals surface area contributed by atoms with Gasteiger partial charge in [0, 0.05) is 11.5 Å². The van der Waals surface area contributed by atoms with E-state index in [0.717, 1.165) is 29.6 Å². The number of nitrogens with two attached hydrogens (primary N) is 1. The van der Waals surface area contributed by atoms with Gasteiger partial charge in [0.15, 0.2) is 40.7 Å². The molecule has 5 unspecified atom stereocenters. The van der Waals surface area contributed by atoms with E-state index in [9.17, 15) is 35.1 Å². The molecule has 0 fully saturated rings. The second-order valence-electron chi connectivity index (χ2n) is 22.7. The second kappa shape index (κ2) is 44.4. The molecule has 0 amide bonds. The Morgan fingerprint density at radius 2 is 0.726 bits per heavy atom. The third-order valence-corrected chi connectivity index (χ3v) is 23.0. The van der Waals surface area contributed by atoms with E-state index in [2.05, 4.69) is 81.5 Å². The fourth-order valence-corrected chi connectivity index (χ4v) is 17.7. The summed E-state index contributed by atoms with van der Waals surface area (Å²) in [6.45, 7) is 29.1. The topological polar surface area (TPSA) is 16.6 Å². The molecule has 73 heavy (non-hydrogen) atoms. The van der Waals surface area contributed by atoms with Crippen LogP contribution in [0.25, 0.3) is 11.1 Å². The first-order valence-corrected chi connectivity index (χ1v) is 34.0. The standard InChI is InChI=1S/C15H33N.C12H2F8.4C9H19.Al/c1-4-6-7-8-9-10-11-13-16-14-15(3)12-5-2;13-4-2-1-3(6(14)7(4)15)5-8(16)10(18)12(20)11(19)9(5)17;4*1-4-7-8-9(5-2)6-3;/h15-16H,4-14H2,1-3H3;1-2H;4*9H,2,4-8H2,1,3H3;/q;;;;;;-1/p+1. The molecule has 2 rings (SSSR count). The van der Waals surface area contributed by atoms with E-state index >= 15 is 0 Å². The van der Waals surface area contributed by atoms with Gasteiger partial charge in [0.2, 0.25) is 5.82 Å². The molecule has 5 atom stereocenters. The minimum atomic E-state index is -2.44. The summed E-state index contributed by atoms with van der Waals surface area (Å²) in [6, 6.07) is 0.665. The quantitative estimate of drug-likeness (QED) is 0.0225. The summed E-state index contributed by atoms with van der Waals surface area (Å²) in [4.78, 5) is 0. The van der Waals surface area contributed by atoms with Crippen LogP contribution in [0.3, 0.4) is 0 Å². The molecule has 0 bridgehead atoms. The molecular weight excluding hydrogens is 950 g/mol. The van der Waals surface area contributed by atoms with Gasteiger partial charge in [-0.15, -0.1) is 0 Å². The first-order chi connectivity index (χ1) is 35.0. The largest absolute Gasteiger partial charge is 0.346 e. The number of quaternary nitrogens is 1. The smallest absolute Gasteiger partial charge is 0.200 e. The Morgan fingerprint density at radius 3 is 1.08 bits per heavy atom. The van der Waals surface area contributed by atoms with Crippen LogP contribution >= 0.6 is 0 Å². The maximum absolute atomic E-state index is 13.4. The Hall–Kier alpha value is -1.63. The summed E-state index contributed by atoms with van der Waals surface area (Å²) in [5, 5.41) is 9.27. The van der Waals surface area contributed by atoms with Crippen LogP contribution in [0.15, 0.2) is 12.1 Å². The highest BCUT2D eigenvalue weighted by atomic mass is 27.2. The minimum Gasteiger partial charge on any atom is -0.346 e. The van der Waals surface area contributed by atoms with Gasteiger partial charge >= 0.3 is 0 Å². The molecule has 0 spiro atoms. The van der Waals surface area contributed by atoms with Gasteiger partial charge in [0.1, 0.15) is 13.1 Å². The summed E-state index contributed by atoms with van der Waals surface area (Å²) >= 11 is -1.64. The Kier molecular flexibility index (Phi) is 43.4. The van der Waals surface area contributed by atoms with E-state index in [-0.39, 0.29) is 0 Å². The second-order valence-corrected chi connectivity index (χ2v) is 28.5. The third kappa shape index (κ3) is 29.6. The highest BCUT2D eigenvalue weighted by Crippen LogP contribution is 2.40. The van der Waals surface area contributed by atoms with E-state index in [4.69, 9.17) is 0 Å². The first kappa shape index (κ1) is 71.4. The normalized spacial score (nSPS) is 14.4. The molecule has 2 aromatic rings. The van der Waals surface area contributed by atoms with Gasteiger partial charge in [0.05, 0.1) is 18.7 Å². The Labute approximate surface area is 447 Å². The van der Waals surface area contributed by atoms with Gasteiger partial charge in [-0.1, -0.05) is 243 Å². The van der Waals surface area contributed by atoms with Gasteiger partial charge in [-0.3, -0.25) is 0 Å². The summed E-state index contributed by atoms with van der Waals surface area (Å²) in [7, 11) is 0. The van der Waals surface area contributed by atoms with Crippen LogP contribution in [0, 0.1) is 76.1 Å². The van der Waals surface area contributed by atoms with Gasteiger partial charge < -0.3 is 5.32 Å². The number of rotatable bonds is 41. The van der Waals surface area contributed by atoms with E-state index in [0.29, 0.717) is 12.1 Å². The zero-order chi connectivity index (χ0) is 55.0. The molecule has 0 heterocycles. The molecule has 0 aliphatic carbocycles. The fraction of sp³-hybridized carbons (Fsp3) is 0.810. The number of hydrogen-bond acceptors (Lipinski definition) is 0. The van der Waals surface area contributed by atoms with Crippen molar-refractivity contribution >= 4 is 13.1 Å². The molecule has 0 aliphatic heterocycles. The fourth-order valence-electron chi connectivity index (χ4n) is 11.2. The lowest BCUT2D eigenvalue weighted by atomic mass is 9.96. The lowest BCUT2D eigenvalue weighted by Gasteiger charge is -2.41. The lowest BCUT2D eigenvalue weighted by Crippen LogP contribution is -2.85. The molecule has 0 aromatic heterocycles. The molecule has 428 valence electrons. The number of halogens is 8. The van der Waals surface area contributed by atoms with Crippen molar-refractivity contribution in [3.05, 3.63) is 58.7 Å². The van der Waals surface area contributed by atoms with Crippen molar-refractivity contribution in [3.63, 3.8) is 0 Å². The molecular formula is C63H112AlF8N. The number of hydrogen-bond donors (Lipinski definition) is 1. The molecule has 2 N–H and O–H groups in total. The maximum atomic E-state index is 13.4. The minimum absolute atomic E-state index is 0.297. The van der Waals surface area contributed by atoms with E-state index in [1.54, 1.807) is 46.8 Å². The predicted octanol–water partition coefficient (Wildman–Crippen LogP) is 22.1. The average Bonchev–Trinajstić information content (AvgIpc) is 3.39. The van der Waals surface area contributed by atoms with Crippen molar-refractivity contribution in [2.75, 3.05) is 13.1 Å². The summed E-state index contributed by atoms with van der Waals surface area (Å²) < 4.78 is 105. The molecule has 0 saturated carbocycles. The van der Waals surface area contributed by atoms with Crippen LogP contribution in [0.5, 0.6) is 0 Å². The van der Waals surface area contributed by atoms with E-state index < -0.39 is 70.7 Å².